The Morgan fingerprint density at radius 3 is 1.75 bits per heavy atom. The van der Waals surface area contributed by atoms with Crippen molar-refractivity contribution in [2.24, 2.45) is 0 Å². The quantitative estimate of drug-likeness (QED) is 0.278. The van der Waals surface area contributed by atoms with E-state index in [1.165, 1.54) is 22.3 Å². The Balaban J connectivity index is 0.000000324. The SMILES string of the molecule is C.C.[B].[B].c1ccc(C2CCc3ccccc3O2)cc1.c1ccc(C2COc3ccccc3C2)cc1. The van der Waals surface area contributed by atoms with Gasteiger partial charge >= 0.3 is 0 Å². The van der Waals surface area contributed by atoms with Crippen molar-refractivity contribution < 1.29 is 9.47 Å². The molecule has 0 aliphatic carbocycles. The molecule has 0 fully saturated rings. The van der Waals surface area contributed by atoms with E-state index in [2.05, 4.69) is 91.0 Å². The minimum absolute atomic E-state index is 0. The monoisotopic (exact) mass is 474 g/mol. The lowest BCUT2D eigenvalue weighted by Gasteiger charge is -2.26. The topological polar surface area (TPSA) is 18.5 Å². The molecule has 0 N–H and O–H groups in total. The summed E-state index contributed by atoms with van der Waals surface area (Å²) in [7, 11) is 0. The first kappa shape index (κ1) is 30.6. The Hall–Kier alpha value is -3.39. The Labute approximate surface area is 221 Å². The van der Waals surface area contributed by atoms with Gasteiger partial charge in [-0.2, -0.15) is 0 Å². The van der Waals surface area contributed by atoms with Gasteiger partial charge in [-0.05, 0) is 53.6 Å². The molecule has 4 heteroatoms. The van der Waals surface area contributed by atoms with Crippen molar-refractivity contribution in [3.05, 3.63) is 131 Å². The fraction of sp³-hybridized carbons (Fsp3) is 0.250. The van der Waals surface area contributed by atoms with Crippen molar-refractivity contribution in [1.82, 2.24) is 0 Å². The highest BCUT2D eigenvalue weighted by atomic mass is 16.5. The van der Waals surface area contributed by atoms with E-state index in [0.717, 1.165) is 37.4 Å². The van der Waals surface area contributed by atoms with Gasteiger partial charge in [-0.25, -0.2) is 0 Å². The summed E-state index contributed by atoms with van der Waals surface area (Å²) in [5.74, 6) is 2.59. The van der Waals surface area contributed by atoms with Crippen molar-refractivity contribution in [3.63, 3.8) is 0 Å². The Kier molecular flexibility index (Phi) is 12.7. The molecular weight excluding hydrogens is 438 g/mol. The van der Waals surface area contributed by atoms with Gasteiger partial charge in [0.1, 0.15) is 17.6 Å². The molecule has 2 aliphatic heterocycles. The highest BCUT2D eigenvalue weighted by molar-refractivity contribution is 5.76. The van der Waals surface area contributed by atoms with E-state index in [1.807, 2.05) is 18.2 Å². The predicted octanol–water partition coefficient (Wildman–Crippen LogP) is 7.67. The average molecular weight is 474 g/mol. The summed E-state index contributed by atoms with van der Waals surface area (Å²) in [6, 6.07) is 37.7. The van der Waals surface area contributed by atoms with E-state index >= 15 is 0 Å². The van der Waals surface area contributed by atoms with Crippen LogP contribution in [0.3, 0.4) is 0 Å². The predicted molar refractivity (Wildman–Crippen MR) is 154 cm³/mol. The molecule has 0 saturated carbocycles. The summed E-state index contributed by atoms with van der Waals surface area (Å²) >= 11 is 0. The van der Waals surface area contributed by atoms with Crippen LogP contribution in [0, 0.1) is 0 Å². The van der Waals surface area contributed by atoms with Crippen LogP contribution < -0.4 is 9.47 Å². The molecule has 6 rings (SSSR count). The molecule has 0 spiro atoms. The maximum Gasteiger partial charge on any atom is 0.124 e. The van der Waals surface area contributed by atoms with Crippen LogP contribution in [0.5, 0.6) is 11.5 Å². The van der Waals surface area contributed by atoms with Crippen LogP contribution in [0.15, 0.2) is 109 Å². The molecule has 0 saturated heterocycles. The van der Waals surface area contributed by atoms with E-state index in [4.69, 9.17) is 9.47 Å². The summed E-state index contributed by atoms with van der Waals surface area (Å²) in [5.41, 5.74) is 5.30. The smallest absolute Gasteiger partial charge is 0.124 e. The molecule has 36 heavy (non-hydrogen) atoms. The third kappa shape index (κ3) is 7.31. The largest absolute Gasteiger partial charge is 0.493 e. The maximum atomic E-state index is 6.02. The summed E-state index contributed by atoms with van der Waals surface area (Å²) in [6.45, 7) is 0.793. The number of hydrogen-bond donors (Lipinski definition) is 0. The van der Waals surface area contributed by atoms with Crippen LogP contribution in [0.2, 0.25) is 0 Å². The molecule has 2 aliphatic rings. The molecule has 0 bridgehead atoms. The number of aryl methyl sites for hydroxylation is 1. The first-order chi connectivity index (χ1) is 15.9. The van der Waals surface area contributed by atoms with Crippen LogP contribution in [-0.2, 0) is 12.8 Å². The lowest BCUT2D eigenvalue weighted by molar-refractivity contribution is 0.176. The number of hydrogen-bond acceptors (Lipinski definition) is 2. The lowest BCUT2D eigenvalue weighted by atomic mass is 9.90. The molecule has 2 unspecified atom stereocenters. The van der Waals surface area contributed by atoms with Gasteiger partial charge in [0.25, 0.3) is 0 Å². The van der Waals surface area contributed by atoms with Crippen molar-refractivity contribution in [1.29, 1.82) is 0 Å². The fourth-order valence-corrected chi connectivity index (χ4v) is 4.49. The molecule has 2 atom stereocenters. The number of ether oxygens (including phenoxy) is 2. The fourth-order valence-electron chi connectivity index (χ4n) is 4.49. The highest BCUT2D eigenvalue weighted by Crippen LogP contribution is 2.34. The number of rotatable bonds is 2. The molecule has 182 valence electrons. The molecular formula is C32H36B2O2. The van der Waals surface area contributed by atoms with Gasteiger partial charge in [-0.1, -0.05) is 112 Å². The van der Waals surface area contributed by atoms with Crippen molar-refractivity contribution in [2.75, 3.05) is 6.61 Å². The van der Waals surface area contributed by atoms with Crippen molar-refractivity contribution in [3.8, 4) is 11.5 Å². The van der Waals surface area contributed by atoms with E-state index in [9.17, 15) is 0 Å². The van der Waals surface area contributed by atoms with Gasteiger partial charge in [0.05, 0.1) is 6.61 Å². The molecule has 2 heterocycles. The van der Waals surface area contributed by atoms with Gasteiger partial charge < -0.3 is 9.47 Å². The Morgan fingerprint density at radius 2 is 1.08 bits per heavy atom. The number of para-hydroxylation sites is 2. The molecule has 6 radical (unpaired) electrons. The molecule has 0 amide bonds. The zero-order valence-electron chi connectivity index (χ0n) is 19.3. The number of benzene rings is 4. The van der Waals surface area contributed by atoms with Gasteiger partial charge in [-0.3, -0.25) is 0 Å². The van der Waals surface area contributed by atoms with E-state index in [-0.39, 0.29) is 37.8 Å². The van der Waals surface area contributed by atoms with Crippen LogP contribution in [-0.4, -0.2) is 23.4 Å². The van der Waals surface area contributed by atoms with Gasteiger partial charge in [0.2, 0.25) is 0 Å². The average Bonchev–Trinajstić information content (AvgIpc) is 2.89. The van der Waals surface area contributed by atoms with E-state index in [1.54, 1.807) is 0 Å². The third-order valence-corrected chi connectivity index (χ3v) is 6.24. The third-order valence-electron chi connectivity index (χ3n) is 6.24. The van der Waals surface area contributed by atoms with Crippen molar-refractivity contribution in [2.45, 2.75) is 46.1 Å². The summed E-state index contributed by atoms with van der Waals surface area (Å²) in [4.78, 5) is 0. The molecule has 2 nitrogen and oxygen atoms in total. The van der Waals surface area contributed by atoms with Gasteiger partial charge in [-0.15, -0.1) is 0 Å². The number of fused-ring (bicyclic) bond motifs is 2. The van der Waals surface area contributed by atoms with Crippen molar-refractivity contribution >= 4 is 16.8 Å². The Bertz CT molecular complexity index is 1060. The lowest BCUT2D eigenvalue weighted by Crippen LogP contribution is -2.18. The minimum atomic E-state index is 0. The summed E-state index contributed by atoms with van der Waals surface area (Å²) in [5, 5.41) is 0. The van der Waals surface area contributed by atoms with Crippen LogP contribution in [0.4, 0.5) is 0 Å². The standard InChI is InChI=1S/2C15H14O.2CH4.2B/c1-2-6-12(7-3-1)14-10-13-8-4-5-9-15(13)16-11-14;1-2-6-12(7-3-1)15-11-10-13-8-4-5-9-14(13)16-15;;;;/h1-9,14H,10-11H2;1-9,15H,10-11H2;2*1H4;;. The minimum Gasteiger partial charge on any atom is -0.493 e. The van der Waals surface area contributed by atoms with E-state index in [0.29, 0.717) is 5.92 Å². The summed E-state index contributed by atoms with van der Waals surface area (Å²) in [6.07, 6.45) is 3.48. The molecule has 4 aromatic rings. The summed E-state index contributed by atoms with van der Waals surface area (Å²) < 4.78 is 11.8. The second-order valence-electron chi connectivity index (χ2n) is 8.39. The first-order valence-electron chi connectivity index (χ1n) is 11.4. The maximum absolute atomic E-state index is 6.02. The zero-order chi connectivity index (χ0) is 21.6. The highest BCUT2D eigenvalue weighted by Gasteiger charge is 2.21. The van der Waals surface area contributed by atoms with Crippen LogP contribution in [0.25, 0.3) is 0 Å². The van der Waals surface area contributed by atoms with Gasteiger partial charge in [0, 0.05) is 22.7 Å². The van der Waals surface area contributed by atoms with Crippen LogP contribution in [0.1, 0.15) is 55.5 Å². The molecule has 4 aromatic carbocycles. The zero-order valence-corrected chi connectivity index (χ0v) is 19.3. The van der Waals surface area contributed by atoms with Crippen LogP contribution >= 0.6 is 0 Å². The second-order valence-corrected chi connectivity index (χ2v) is 8.39. The normalized spacial score (nSPS) is 16.6. The second kappa shape index (κ2) is 14.9. The van der Waals surface area contributed by atoms with E-state index < -0.39 is 0 Å². The first-order valence-corrected chi connectivity index (χ1v) is 11.4. The van der Waals surface area contributed by atoms with Gasteiger partial charge in [0.15, 0.2) is 0 Å². The Morgan fingerprint density at radius 1 is 0.556 bits per heavy atom. The molecule has 0 aromatic heterocycles.